The van der Waals surface area contributed by atoms with Crippen LogP contribution in [0.3, 0.4) is 0 Å². The minimum Gasteiger partial charge on any atom is -0.391 e. The maximum atomic E-state index is 6.37. The first-order chi connectivity index (χ1) is 14.1. The Kier molecular flexibility index (Phi) is 9.81. The van der Waals surface area contributed by atoms with Gasteiger partial charge in [-0.1, -0.05) is 75.0 Å². The third kappa shape index (κ3) is 6.38. The molecule has 0 spiro atoms. The van der Waals surface area contributed by atoms with Gasteiger partial charge >= 0.3 is 8.56 Å². The van der Waals surface area contributed by atoms with Crippen LogP contribution < -0.4 is 5.19 Å². The summed E-state index contributed by atoms with van der Waals surface area (Å²) in [4.78, 5) is 2.46. The average molecular weight is 412 g/mol. The lowest BCUT2D eigenvalue weighted by Gasteiger charge is -2.31. The zero-order valence-corrected chi connectivity index (χ0v) is 19.6. The van der Waals surface area contributed by atoms with Crippen molar-refractivity contribution in [1.29, 1.82) is 0 Å². The summed E-state index contributed by atoms with van der Waals surface area (Å²) in [5, 5.41) is 1.21. The van der Waals surface area contributed by atoms with Crippen molar-refractivity contribution in [3.8, 4) is 0 Å². The highest BCUT2D eigenvalue weighted by atomic mass is 28.4. The lowest BCUT2D eigenvalue weighted by atomic mass is 10.00. The molecule has 0 radical (unpaired) electrons. The highest BCUT2D eigenvalue weighted by Crippen LogP contribution is 2.23. The standard InChI is InChI=1S/C25H37NO2Si/c1-6-26(7-2)20-13-21-29(27-8-3,28-9-4)25-18-16-24(17-19-25)22(5)23-14-11-10-12-15-23/h10-12,14-19H,5-9,13,20-21H2,1-4H3. The van der Waals surface area contributed by atoms with E-state index >= 15 is 0 Å². The van der Waals surface area contributed by atoms with Gasteiger partial charge in [0.1, 0.15) is 0 Å². The Morgan fingerprint density at radius 3 is 1.90 bits per heavy atom. The molecule has 0 fully saturated rings. The quantitative estimate of drug-likeness (QED) is 0.423. The van der Waals surface area contributed by atoms with Crippen LogP contribution in [-0.4, -0.2) is 46.3 Å². The fraction of sp³-hybridized carbons (Fsp3) is 0.440. The fourth-order valence-electron chi connectivity index (χ4n) is 3.77. The molecule has 4 heteroatoms. The lowest BCUT2D eigenvalue weighted by Crippen LogP contribution is -2.54. The van der Waals surface area contributed by atoms with E-state index in [4.69, 9.17) is 8.85 Å². The van der Waals surface area contributed by atoms with Gasteiger partial charge in [0, 0.05) is 13.2 Å². The molecule has 0 amide bonds. The summed E-state index contributed by atoms with van der Waals surface area (Å²) in [6, 6.07) is 20.0. The predicted molar refractivity (Wildman–Crippen MR) is 127 cm³/mol. The zero-order valence-electron chi connectivity index (χ0n) is 18.6. The van der Waals surface area contributed by atoms with Crippen molar-refractivity contribution in [2.75, 3.05) is 32.8 Å². The molecule has 0 aliphatic rings. The number of hydrogen-bond acceptors (Lipinski definition) is 3. The second kappa shape index (κ2) is 12.1. The van der Waals surface area contributed by atoms with E-state index in [1.807, 2.05) is 18.2 Å². The minimum atomic E-state index is -2.46. The van der Waals surface area contributed by atoms with E-state index in [0.717, 1.165) is 48.8 Å². The SMILES string of the molecule is C=C(c1ccccc1)c1ccc([Si](CCCN(CC)CC)(OCC)OCC)cc1. The molecule has 29 heavy (non-hydrogen) atoms. The number of benzene rings is 2. The summed E-state index contributed by atoms with van der Waals surface area (Å²) in [6.07, 6.45) is 1.09. The molecule has 0 bridgehead atoms. The zero-order chi connectivity index (χ0) is 21.1. The summed E-state index contributed by atoms with van der Waals surface area (Å²) in [6.45, 7) is 17.5. The predicted octanol–water partition coefficient (Wildman–Crippen LogP) is 5.20. The van der Waals surface area contributed by atoms with Crippen molar-refractivity contribution < 1.29 is 8.85 Å². The van der Waals surface area contributed by atoms with Gasteiger partial charge in [-0.3, -0.25) is 0 Å². The molecule has 2 rings (SSSR count). The van der Waals surface area contributed by atoms with E-state index in [0.29, 0.717) is 13.2 Å². The Morgan fingerprint density at radius 2 is 1.38 bits per heavy atom. The van der Waals surface area contributed by atoms with Gasteiger partial charge in [-0.05, 0) is 67.8 Å². The smallest absolute Gasteiger partial charge is 0.372 e. The number of rotatable bonds is 13. The van der Waals surface area contributed by atoms with Crippen molar-refractivity contribution in [3.05, 3.63) is 72.3 Å². The molecule has 0 saturated heterocycles. The third-order valence-electron chi connectivity index (χ3n) is 5.43. The van der Waals surface area contributed by atoms with E-state index in [-0.39, 0.29) is 0 Å². The van der Waals surface area contributed by atoms with Crippen LogP contribution in [0.2, 0.25) is 6.04 Å². The van der Waals surface area contributed by atoms with Gasteiger partial charge in [-0.15, -0.1) is 0 Å². The molecule has 0 aliphatic carbocycles. The fourth-order valence-corrected chi connectivity index (χ4v) is 6.99. The van der Waals surface area contributed by atoms with Crippen LogP contribution in [0.25, 0.3) is 5.57 Å². The van der Waals surface area contributed by atoms with Crippen LogP contribution >= 0.6 is 0 Å². The third-order valence-corrected chi connectivity index (χ3v) is 9.16. The number of nitrogens with zero attached hydrogens (tertiary/aromatic N) is 1. The van der Waals surface area contributed by atoms with Crippen molar-refractivity contribution >= 4 is 19.3 Å². The van der Waals surface area contributed by atoms with Crippen LogP contribution in [0.1, 0.15) is 45.2 Å². The summed E-state index contributed by atoms with van der Waals surface area (Å²) in [5.74, 6) is 0. The van der Waals surface area contributed by atoms with Crippen LogP contribution in [0.4, 0.5) is 0 Å². The molecule has 2 aromatic carbocycles. The molecule has 0 atom stereocenters. The average Bonchev–Trinajstić information content (AvgIpc) is 2.77. The van der Waals surface area contributed by atoms with E-state index in [2.05, 4.69) is 75.6 Å². The van der Waals surface area contributed by atoms with Gasteiger partial charge in [-0.2, -0.15) is 0 Å². The Bertz CT molecular complexity index is 720. The lowest BCUT2D eigenvalue weighted by molar-refractivity contribution is 0.192. The van der Waals surface area contributed by atoms with E-state index < -0.39 is 8.56 Å². The summed E-state index contributed by atoms with van der Waals surface area (Å²) in [7, 11) is -2.46. The topological polar surface area (TPSA) is 21.7 Å². The van der Waals surface area contributed by atoms with E-state index in [1.54, 1.807) is 0 Å². The van der Waals surface area contributed by atoms with Crippen molar-refractivity contribution in [3.63, 3.8) is 0 Å². The first-order valence-electron chi connectivity index (χ1n) is 11.0. The largest absolute Gasteiger partial charge is 0.391 e. The van der Waals surface area contributed by atoms with Crippen LogP contribution in [-0.2, 0) is 8.85 Å². The molecule has 0 saturated carbocycles. The van der Waals surface area contributed by atoms with Crippen LogP contribution in [0.15, 0.2) is 61.2 Å². The molecule has 3 nitrogen and oxygen atoms in total. The minimum absolute atomic E-state index is 0.677. The van der Waals surface area contributed by atoms with Crippen LogP contribution in [0.5, 0.6) is 0 Å². The molecule has 0 N–H and O–H groups in total. The first-order valence-corrected chi connectivity index (χ1v) is 13.0. The van der Waals surface area contributed by atoms with Gasteiger partial charge in [0.05, 0.1) is 0 Å². The van der Waals surface area contributed by atoms with Crippen molar-refractivity contribution in [2.24, 2.45) is 0 Å². The Balaban J connectivity index is 2.22. The van der Waals surface area contributed by atoms with E-state index in [9.17, 15) is 0 Å². The summed E-state index contributed by atoms with van der Waals surface area (Å²) < 4.78 is 12.7. The van der Waals surface area contributed by atoms with Gasteiger partial charge < -0.3 is 13.8 Å². The first kappa shape index (κ1) is 23.6. The number of hydrogen-bond donors (Lipinski definition) is 0. The normalized spacial score (nSPS) is 11.8. The molecule has 158 valence electrons. The molecule has 2 aromatic rings. The molecular formula is C25H37NO2Si. The molecular weight excluding hydrogens is 374 g/mol. The van der Waals surface area contributed by atoms with Crippen molar-refractivity contribution in [2.45, 2.75) is 40.2 Å². The highest BCUT2D eigenvalue weighted by Gasteiger charge is 2.39. The van der Waals surface area contributed by atoms with Gasteiger partial charge in [0.15, 0.2) is 0 Å². The Hall–Kier alpha value is -1.72. The Morgan fingerprint density at radius 1 is 0.828 bits per heavy atom. The molecule has 0 unspecified atom stereocenters. The molecule has 0 heterocycles. The molecule has 0 aliphatic heterocycles. The second-order valence-electron chi connectivity index (χ2n) is 7.17. The monoisotopic (exact) mass is 411 g/mol. The maximum Gasteiger partial charge on any atom is 0.372 e. The highest BCUT2D eigenvalue weighted by molar-refractivity contribution is 6.81. The summed E-state index contributed by atoms with van der Waals surface area (Å²) >= 11 is 0. The second-order valence-corrected chi connectivity index (χ2v) is 10.3. The van der Waals surface area contributed by atoms with Crippen molar-refractivity contribution in [1.82, 2.24) is 4.90 Å². The van der Waals surface area contributed by atoms with E-state index in [1.165, 1.54) is 5.19 Å². The summed E-state index contributed by atoms with van der Waals surface area (Å²) in [5.41, 5.74) is 3.33. The van der Waals surface area contributed by atoms with Crippen LogP contribution in [0, 0.1) is 0 Å². The maximum absolute atomic E-state index is 6.37. The molecule has 0 aromatic heterocycles. The van der Waals surface area contributed by atoms with Gasteiger partial charge in [0.2, 0.25) is 0 Å². The Labute approximate surface area is 178 Å². The van der Waals surface area contributed by atoms with Gasteiger partial charge in [-0.25, -0.2) is 0 Å². The van der Waals surface area contributed by atoms with Gasteiger partial charge in [0.25, 0.3) is 0 Å².